The van der Waals surface area contributed by atoms with Crippen LogP contribution in [0.1, 0.15) is 37.7 Å². The van der Waals surface area contributed by atoms with Gasteiger partial charge in [0, 0.05) is 28.8 Å². The van der Waals surface area contributed by atoms with E-state index in [0.29, 0.717) is 18.1 Å². The molecule has 0 radical (unpaired) electrons. The van der Waals surface area contributed by atoms with E-state index in [4.69, 9.17) is 11.6 Å². The molecule has 2 aliphatic rings. The van der Waals surface area contributed by atoms with Crippen molar-refractivity contribution >= 4 is 17.3 Å². The van der Waals surface area contributed by atoms with E-state index in [9.17, 15) is 0 Å². The molecule has 2 aliphatic heterocycles. The van der Waals surface area contributed by atoms with Gasteiger partial charge in [0.2, 0.25) is 0 Å². The lowest BCUT2D eigenvalue weighted by Crippen LogP contribution is -2.56. The molecule has 0 aliphatic carbocycles. The van der Waals surface area contributed by atoms with Crippen molar-refractivity contribution in [2.24, 2.45) is 0 Å². The fraction of sp³-hybridized carbons (Fsp3) is 0.625. The number of benzene rings is 1. The second-order valence-electron chi connectivity index (χ2n) is 5.99. The smallest absolute Gasteiger partial charge is 0.0455 e. The minimum atomic E-state index is 0.683. The number of rotatable bonds is 2. The number of hydrogen-bond donors (Lipinski definition) is 1. The second-order valence-corrected chi connectivity index (χ2v) is 6.39. The van der Waals surface area contributed by atoms with E-state index in [1.807, 2.05) is 6.07 Å². The molecule has 2 unspecified atom stereocenters. The van der Waals surface area contributed by atoms with Gasteiger partial charge in [0.1, 0.15) is 0 Å². The summed E-state index contributed by atoms with van der Waals surface area (Å²) in [6.45, 7) is 2.15. The van der Waals surface area contributed by atoms with E-state index in [1.165, 1.54) is 43.4 Å². The predicted octanol–water partition coefficient (Wildman–Crippen LogP) is 3.76. The van der Waals surface area contributed by atoms with Crippen LogP contribution in [0.25, 0.3) is 0 Å². The fourth-order valence-corrected chi connectivity index (χ4v) is 4.06. The first-order valence-corrected chi connectivity index (χ1v) is 7.79. The highest BCUT2D eigenvalue weighted by Gasteiger charge is 2.38. The van der Waals surface area contributed by atoms with Crippen molar-refractivity contribution in [3.8, 4) is 0 Å². The van der Waals surface area contributed by atoms with Gasteiger partial charge in [0.25, 0.3) is 0 Å². The molecule has 2 fully saturated rings. The molecule has 1 aromatic carbocycles. The summed E-state index contributed by atoms with van der Waals surface area (Å²) in [4.78, 5) is 2.67. The fourth-order valence-electron chi connectivity index (χ4n) is 3.89. The van der Waals surface area contributed by atoms with E-state index in [1.54, 1.807) is 0 Å². The van der Waals surface area contributed by atoms with Crippen molar-refractivity contribution < 1.29 is 0 Å². The molecule has 0 saturated carbocycles. The molecule has 2 saturated heterocycles. The normalized spacial score (nSPS) is 30.5. The minimum absolute atomic E-state index is 0.683. The molecule has 3 rings (SSSR count). The highest BCUT2D eigenvalue weighted by Crippen LogP contribution is 2.40. The SMILES string of the molecule is CNC1CC2CCCC(C1)N2c1cccc(Cl)c1C. The summed E-state index contributed by atoms with van der Waals surface area (Å²) in [6.07, 6.45) is 6.54. The Balaban J connectivity index is 1.94. The Hall–Kier alpha value is -0.730. The Morgan fingerprint density at radius 3 is 2.53 bits per heavy atom. The number of piperidine rings is 2. The van der Waals surface area contributed by atoms with E-state index in [-0.39, 0.29) is 0 Å². The second kappa shape index (κ2) is 5.34. The van der Waals surface area contributed by atoms with Crippen LogP contribution in [0.5, 0.6) is 0 Å². The van der Waals surface area contributed by atoms with Crippen LogP contribution in [0.4, 0.5) is 5.69 Å². The average Bonchev–Trinajstić information content (AvgIpc) is 2.40. The van der Waals surface area contributed by atoms with Gasteiger partial charge in [-0.15, -0.1) is 0 Å². The number of nitrogens with zero attached hydrogens (tertiary/aromatic N) is 1. The third-order valence-electron chi connectivity index (χ3n) is 4.90. The third kappa shape index (κ3) is 2.36. The lowest BCUT2D eigenvalue weighted by atomic mass is 9.81. The van der Waals surface area contributed by atoms with Crippen LogP contribution >= 0.6 is 11.6 Å². The van der Waals surface area contributed by atoms with Gasteiger partial charge in [-0.25, -0.2) is 0 Å². The molecule has 2 bridgehead atoms. The first-order chi connectivity index (χ1) is 9.20. The van der Waals surface area contributed by atoms with Gasteiger partial charge in [-0.2, -0.15) is 0 Å². The van der Waals surface area contributed by atoms with Gasteiger partial charge in [-0.05, 0) is 63.8 Å². The molecule has 0 spiro atoms. The van der Waals surface area contributed by atoms with Crippen LogP contribution in [-0.2, 0) is 0 Å². The monoisotopic (exact) mass is 278 g/mol. The average molecular weight is 279 g/mol. The highest BCUT2D eigenvalue weighted by atomic mass is 35.5. The maximum atomic E-state index is 6.31. The molecule has 104 valence electrons. The summed E-state index contributed by atoms with van der Waals surface area (Å²) in [6, 6.07) is 8.38. The van der Waals surface area contributed by atoms with Gasteiger partial charge in [0.05, 0.1) is 0 Å². The molecule has 19 heavy (non-hydrogen) atoms. The molecule has 3 heteroatoms. The molecule has 2 atom stereocenters. The molecular weight excluding hydrogens is 256 g/mol. The largest absolute Gasteiger partial charge is 0.365 e. The quantitative estimate of drug-likeness (QED) is 0.886. The summed E-state index contributed by atoms with van der Waals surface area (Å²) >= 11 is 6.31. The summed E-state index contributed by atoms with van der Waals surface area (Å²) in [5.41, 5.74) is 2.60. The van der Waals surface area contributed by atoms with Gasteiger partial charge in [0.15, 0.2) is 0 Å². The number of hydrogen-bond acceptors (Lipinski definition) is 2. The predicted molar refractivity (Wildman–Crippen MR) is 82.2 cm³/mol. The minimum Gasteiger partial charge on any atom is -0.365 e. The lowest BCUT2D eigenvalue weighted by molar-refractivity contribution is 0.252. The van der Waals surface area contributed by atoms with Crippen LogP contribution in [0.15, 0.2) is 18.2 Å². The Kier molecular flexibility index (Phi) is 3.72. The van der Waals surface area contributed by atoms with E-state index in [0.717, 1.165) is 5.02 Å². The number of anilines is 1. The summed E-state index contributed by atoms with van der Waals surface area (Å²) in [5.74, 6) is 0. The first kappa shape index (κ1) is 13.3. The van der Waals surface area contributed by atoms with E-state index < -0.39 is 0 Å². The molecule has 1 N–H and O–H groups in total. The number of fused-ring (bicyclic) bond motifs is 2. The Morgan fingerprint density at radius 1 is 1.21 bits per heavy atom. The number of nitrogens with one attached hydrogen (secondary N) is 1. The van der Waals surface area contributed by atoms with Crippen molar-refractivity contribution in [2.45, 2.75) is 57.2 Å². The van der Waals surface area contributed by atoms with Crippen molar-refractivity contribution in [2.75, 3.05) is 11.9 Å². The Labute approximate surface area is 121 Å². The lowest BCUT2D eigenvalue weighted by Gasteiger charge is -2.50. The molecule has 1 aromatic rings. The molecule has 0 amide bonds. The number of halogens is 1. The topological polar surface area (TPSA) is 15.3 Å². The molecular formula is C16H23ClN2. The summed E-state index contributed by atoms with van der Waals surface area (Å²) < 4.78 is 0. The maximum absolute atomic E-state index is 6.31. The van der Waals surface area contributed by atoms with Crippen molar-refractivity contribution in [1.29, 1.82) is 0 Å². The van der Waals surface area contributed by atoms with E-state index >= 15 is 0 Å². The first-order valence-electron chi connectivity index (χ1n) is 7.41. The standard InChI is InChI=1S/C16H23ClN2/c1-11-15(17)7-4-8-16(11)19-13-5-3-6-14(19)10-12(9-13)18-2/h4,7-8,12-14,18H,3,5-6,9-10H2,1-2H3. The highest BCUT2D eigenvalue weighted by molar-refractivity contribution is 6.31. The van der Waals surface area contributed by atoms with Crippen molar-refractivity contribution in [3.63, 3.8) is 0 Å². The van der Waals surface area contributed by atoms with Crippen LogP contribution in [0.3, 0.4) is 0 Å². The zero-order valence-corrected chi connectivity index (χ0v) is 12.6. The van der Waals surface area contributed by atoms with Crippen LogP contribution in [0.2, 0.25) is 5.02 Å². The van der Waals surface area contributed by atoms with Crippen molar-refractivity contribution in [3.05, 3.63) is 28.8 Å². The van der Waals surface area contributed by atoms with Crippen LogP contribution < -0.4 is 10.2 Å². The third-order valence-corrected chi connectivity index (χ3v) is 5.31. The Morgan fingerprint density at radius 2 is 1.89 bits per heavy atom. The van der Waals surface area contributed by atoms with Gasteiger partial charge in [-0.3, -0.25) is 0 Å². The molecule has 2 heterocycles. The zero-order valence-electron chi connectivity index (χ0n) is 11.8. The summed E-state index contributed by atoms with van der Waals surface area (Å²) in [7, 11) is 2.10. The maximum Gasteiger partial charge on any atom is 0.0455 e. The van der Waals surface area contributed by atoms with Gasteiger partial charge < -0.3 is 10.2 Å². The van der Waals surface area contributed by atoms with Gasteiger partial charge >= 0.3 is 0 Å². The van der Waals surface area contributed by atoms with E-state index in [2.05, 4.69) is 36.3 Å². The molecule has 0 aromatic heterocycles. The summed E-state index contributed by atoms with van der Waals surface area (Å²) in [5, 5.41) is 4.37. The Bertz CT molecular complexity index is 446. The molecule has 2 nitrogen and oxygen atoms in total. The van der Waals surface area contributed by atoms with Gasteiger partial charge in [-0.1, -0.05) is 17.7 Å². The zero-order chi connectivity index (χ0) is 13.4. The van der Waals surface area contributed by atoms with Crippen molar-refractivity contribution in [1.82, 2.24) is 5.32 Å². The van der Waals surface area contributed by atoms with Crippen LogP contribution in [-0.4, -0.2) is 25.2 Å². The van der Waals surface area contributed by atoms with Crippen LogP contribution in [0, 0.1) is 6.92 Å².